The van der Waals surface area contributed by atoms with Gasteiger partial charge in [0.25, 0.3) is 10.1 Å². The largest absolute Gasteiger partial charge is 0.465 e. The van der Waals surface area contributed by atoms with Crippen LogP contribution in [0, 0.1) is 5.92 Å². The lowest BCUT2D eigenvalue weighted by molar-refractivity contribution is 0.152. The molecule has 0 aliphatic carbocycles. The molecular weight excluding hydrogens is 252 g/mol. The van der Waals surface area contributed by atoms with Crippen LogP contribution in [0.4, 0.5) is 4.79 Å². The van der Waals surface area contributed by atoms with Crippen molar-refractivity contribution in [3.05, 3.63) is 10.4 Å². The maximum Gasteiger partial charge on any atom is 0.407 e. The van der Waals surface area contributed by atoms with Crippen molar-refractivity contribution in [2.24, 2.45) is 11.0 Å². The summed E-state index contributed by atoms with van der Waals surface area (Å²) in [6, 6.07) is -0.599. The van der Waals surface area contributed by atoms with Crippen LogP contribution >= 0.6 is 0 Å². The van der Waals surface area contributed by atoms with Crippen molar-refractivity contribution in [2.45, 2.75) is 6.04 Å². The van der Waals surface area contributed by atoms with Gasteiger partial charge in [0, 0.05) is 23.9 Å². The van der Waals surface area contributed by atoms with Gasteiger partial charge in [0.15, 0.2) is 0 Å². The quantitative estimate of drug-likeness (QED) is 0.336. The zero-order valence-electron chi connectivity index (χ0n) is 9.05. The van der Waals surface area contributed by atoms with Crippen molar-refractivity contribution >= 4 is 16.2 Å². The van der Waals surface area contributed by atoms with Gasteiger partial charge in [-0.25, -0.2) is 4.79 Å². The monoisotopic (exact) mass is 264 g/mol. The Kier molecular flexibility index (Phi) is 4.16. The first-order valence-corrected chi connectivity index (χ1v) is 6.51. The molecular formula is C7H12N4O5S. The second kappa shape index (κ2) is 5.21. The van der Waals surface area contributed by atoms with Crippen molar-refractivity contribution in [3.63, 3.8) is 0 Å². The van der Waals surface area contributed by atoms with Gasteiger partial charge in [-0.05, 0) is 5.53 Å². The van der Waals surface area contributed by atoms with Crippen molar-refractivity contribution in [3.8, 4) is 0 Å². The summed E-state index contributed by atoms with van der Waals surface area (Å²) in [5.41, 5.74) is 8.33. The van der Waals surface area contributed by atoms with E-state index in [0.29, 0.717) is 0 Å². The Morgan fingerprint density at radius 1 is 1.65 bits per heavy atom. The standard InChI is InChI=1S/C7H12N4O5S/c1-17(14,15)16-4-5-2-11(7(12)13)3-6(5)9-10-8/h5-6H,2-4H2,1H3,(H,12,13)/t5-,6-/m0/s1. The number of amides is 1. The molecule has 1 N–H and O–H groups in total. The molecule has 1 heterocycles. The van der Waals surface area contributed by atoms with E-state index in [4.69, 9.17) is 10.6 Å². The molecule has 0 spiro atoms. The van der Waals surface area contributed by atoms with Gasteiger partial charge < -0.3 is 10.0 Å². The van der Waals surface area contributed by atoms with Gasteiger partial charge in [-0.2, -0.15) is 8.42 Å². The van der Waals surface area contributed by atoms with Crippen molar-refractivity contribution < 1.29 is 22.5 Å². The summed E-state index contributed by atoms with van der Waals surface area (Å²) >= 11 is 0. The molecule has 1 amide bonds. The average Bonchev–Trinajstić information content (AvgIpc) is 2.58. The zero-order valence-corrected chi connectivity index (χ0v) is 9.87. The van der Waals surface area contributed by atoms with Crippen molar-refractivity contribution in [1.82, 2.24) is 4.90 Å². The number of hydrogen-bond donors (Lipinski definition) is 1. The SMILES string of the molecule is CS(=O)(=O)OC[C@@H]1CN(C(=O)O)C[C@@H]1N=[N+]=[N-]. The van der Waals surface area contributed by atoms with Crippen molar-refractivity contribution in [2.75, 3.05) is 26.0 Å². The number of hydrogen-bond acceptors (Lipinski definition) is 5. The highest BCUT2D eigenvalue weighted by Crippen LogP contribution is 2.21. The van der Waals surface area contributed by atoms with E-state index in [1.807, 2.05) is 0 Å². The summed E-state index contributed by atoms with van der Waals surface area (Å²) in [6.07, 6.45) is -0.232. The summed E-state index contributed by atoms with van der Waals surface area (Å²) in [5.74, 6) is -0.447. The van der Waals surface area contributed by atoms with Crippen LogP contribution < -0.4 is 0 Å². The minimum atomic E-state index is -3.59. The molecule has 1 rings (SSSR count). The molecule has 1 saturated heterocycles. The van der Waals surface area contributed by atoms with E-state index in [1.54, 1.807) is 0 Å². The van der Waals surface area contributed by atoms with Crippen LogP contribution in [0.15, 0.2) is 5.11 Å². The van der Waals surface area contributed by atoms with Gasteiger partial charge in [0.2, 0.25) is 0 Å². The Morgan fingerprint density at radius 3 is 2.76 bits per heavy atom. The Bertz CT molecular complexity index is 443. The summed E-state index contributed by atoms with van der Waals surface area (Å²) in [5, 5.41) is 12.2. The smallest absolute Gasteiger partial charge is 0.407 e. The molecule has 2 atom stereocenters. The fourth-order valence-corrected chi connectivity index (χ4v) is 2.00. The molecule has 1 fully saturated rings. The maximum absolute atomic E-state index is 10.8. The lowest BCUT2D eigenvalue weighted by Crippen LogP contribution is -2.27. The number of carboxylic acid groups (broad SMARTS) is 1. The lowest BCUT2D eigenvalue weighted by Gasteiger charge is -2.12. The highest BCUT2D eigenvalue weighted by Gasteiger charge is 2.35. The van der Waals surface area contributed by atoms with Gasteiger partial charge in [-0.15, -0.1) is 0 Å². The molecule has 0 unspecified atom stereocenters. The van der Waals surface area contributed by atoms with E-state index >= 15 is 0 Å². The van der Waals surface area contributed by atoms with Gasteiger partial charge in [0.05, 0.1) is 18.9 Å². The Morgan fingerprint density at radius 2 is 2.29 bits per heavy atom. The number of carbonyl (C=O) groups is 1. The van der Waals surface area contributed by atoms with Crippen LogP contribution in [0.3, 0.4) is 0 Å². The van der Waals surface area contributed by atoms with E-state index in [-0.39, 0.29) is 19.7 Å². The fraction of sp³-hybridized carbons (Fsp3) is 0.857. The topological polar surface area (TPSA) is 133 Å². The van der Waals surface area contributed by atoms with Crippen LogP contribution in [0.1, 0.15) is 0 Å². The number of likely N-dealkylation sites (tertiary alicyclic amines) is 1. The zero-order chi connectivity index (χ0) is 13.1. The van der Waals surface area contributed by atoms with E-state index in [2.05, 4.69) is 14.2 Å². The number of rotatable bonds is 4. The highest BCUT2D eigenvalue weighted by molar-refractivity contribution is 7.85. The number of nitrogens with zero attached hydrogens (tertiary/aromatic N) is 4. The predicted molar refractivity (Wildman–Crippen MR) is 56.8 cm³/mol. The molecule has 0 aromatic rings. The van der Waals surface area contributed by atoms with Gasteiger partial charge >= 0.3 is 6.09 Å². The second-order valence-electron chi connectivity index (χ2n) is 3.71. The van der Waals surface area contributed by atoms with Gasteiger partial charge in [0.1, 0.15) is 0 Å². The van der Waals surface area contributed by atoms with Gasteiger partial charge in [-0.1, -0.05) is 5.11 Å². The molecule has 0 saturated carbocycles. The Balaban J connectivity index is 2.68. The average molecular weight is 264 g/mol. The third-order valence-corrected chi connectivity index (χ3v) is 2.94. The van der Waals surface area contributed by atoms with Crippen LogP contribution in [0.2, 0.25) is 0 Å². The molecule has 17 heavy (non-hydrogen) atoms. The number of azide groups is 1. The first kappa shape index (κ1) is 13.6. The summed E-state index contributed by atoms with van der Waals surface area (Å²) in [7, 11) is -3.59. The molecule has 0 radical (unpaired) electrons. The van der Waals surface area contributed by atoms with E-state index < -0.39 is 28.2 Å². The Hall–Kier alpha value is -1.51. The fourth-order valence-electron chi connectivity index (χ4n) is 1.58. The summed E-state index contributed by atoms with van der Waals surface area (Å²) in [6.45, 7) is -0.0436. The first-order valence-electron chi connectivity index (χ1n) is 4.70. The minimum Gasteiger partial charge on any atom is -0.465 e. The first-order chi connectivity index (χ1) is 7.83. The van der Waals surface area contributed by atoms with E-state index in [9.17, 15) is 13.2 Å². The van der Waals surface area contributed by atoms with E-state index in [1.165, 1.54) is 0 Å². The van der Waals surface area contributed by atoms with E-state index in [0.717, 1.165) is 11.2 Å². The normalized spacial score (nSPS) is 24.4. The highest BCUT2D eigenvalue weighted by atomic mass is 32.2. The molecule has 0 aromatic carbocycles. The van der Waals surface area contributed by atoms with Crippen LogP contribution in [0.5, 0.6) is 0 Å². The molecule has 0 aromatic heterocycles. The maximum atomic E-state index is 10.8. The third-order valence-electron chi connectivity index (χ3n) is 2.37. The molecule has 96 valence electrons. The second-order valence-corrected chi connectivity index (χ2v) is 5.35. The lowest BCUT2D eigenvalue weighted by atomic mass is 10.1. The minimum absolute atomic E-state index is 0.0528. The molecule has 9 nitrogen and oxygen atoms in total. The van der Waals surface area contributed by atoms with Gasteiger partial charge in [-0.3, -0.25) is 4.18 Å². The molecule has 0 bridgehead atoms. The summed E-state index contributed by atoms with van der Waals surface area (Å²) in [4.78, 5) is 14.4. The predicted octanol–water partition coefficient (Wildman–Crippen LogP) is 0.251. The van der Waals surface area contributed by atoms with Crippen molar-refractivity contribution in [1.29, 1.82) is 0 Å². The van der Waals surface area contributed by atoms with Crippen LogP contribution in [-0.4, -0.2) is 56.5 Å². The molecule has 1 aliphatic rings. The molecule has 10 heteroatoms. The third kappa shape index (κ3) is 4.10. The van der Waals surface area contributed by atoms with Crippen LogP contribution in [0.25, 0.3) is 10.4 Å². The molecule has 1 aliphatic heterocycles. The Labute approximate surface area is 97.7 Å². The summed E-state index contributed by atoms with van der Waals surface area (Å²) < 4.78 is 26.2. The van der Waals surface area contributed by atoms with Crippen LogP contribution in [-0.2, 0) is 14.3 Å².